The van der Waals surface area contributed by atoms with Crippen LogP contribution in [0.2, 0.25) is 0 Å². The number of nitrogens with zero attached hydrogens (tertiary/aromatic N) is 1. The Hall–Kier alpha value is -1.22. The van der Waals surface area contributed by atoms with Crippen molar-refractivity contribution in [2.45, 2.75) is 33.2 Å². The number of rotatable bonds is 4. The van der Waals surface area contributed by atoms with Gasteiger partial charge in [0.25, 0.3) is 0 Å². The quantitative estimate of drug-likeness (QED) is 0.901. The Labute approximate surface area is 115 Å². The predicted octanol–water partition coefficient (Wildman–Crippen LogP) is 2.76. The third-order valence-corrected chi connectivity index (χ3v) is 4.27. The first-order valence-electron chi connectivity index (χ1n) is 7.29. The van der Waals surface area contributed by atoms with E-state index in [0.717, 1.165) is 38.4 Å². The average Bonchev–Trinajstić information content (AvgIpc) is 2.80. The molecule has 0 spiro atoms. The van der Waals surface area contributed by atoms with E-state index >= 15 is 0 Å². The van der Waals surface area contributed by atoms with Crippen molar-refractivity contribution in [2.24, 2.45) is 5.41 Å². The molecule has 3 heteroatoms. The lowest BCUT2D eigenvalue weighted by Crippen LogP contribution is -2.59. The van der Waals surface area contributed by atoms with Gasteiger partial charge in [0.05, 0.1) is 6.61 Å². The smallest absolute Gasteiger partial charge is 0.119 e. The molecule has 0 atom stereocenters. The molecule has 0 bridgehead atoms. The maximum absolute atomic E-state index is 6.01. The number of nitrogens with one attached hydrogen (secondary N) is 1. The minimum absolute atomic E-state index is 0.321. The van der Waals surface area contributed by atoms with Gasteiger partial charge in [0.2, 0.25) is 0 Å². The number of hydrogen-bond donors (Lipinski definition) is 1. The van der Waals surface area contributed by atoms with E-state index in [-0.39, 0.29) is 0 Å². The molecule has 1 fully saturated rings. The predicted molar refractivity (Wildman–Crippen MR) is 78.9 cm³/mol. The van der Waals surface area contributed by atoms with Gasteiger partial charge in [-0.3, -0.25) is 4.90 Å². The standard InChI is InChI=1S/C16H24N2O/c1-12(2)18-9-16(3,10-18)11-19-14-4-5-15-13(8-14)6-7-17-15/h4-5,8,12,17H,6-7,9-11H2,1-3H3. The van der Waals surface area contributed by atoms with Gasteiger partial charge in [0.1, 0.15) is 5.75 Å². The maximum Gasteiger partial charge on any atom is 0.119 e. The van der Waals surface area contributed by atoms with Crippen molar-refractivity contribution in [1.29, 1.82) is 0 Å². The topological polar surface area (TPSA) is 24.5 Å². The zero-order chi connectivity index (χ0) is 13.5. The fraction of sp³-hybridized carbons (Fsp3) is 0.625. The second-order valence-electron chi connectivity index (χ2n) is 6.59. The zero-order valence-corrected chi connectivity index (χ0v) is 12.2. The molecule has 3 rings (SSSR count). The molecule has 2 heterocycles. The van der Waals surface area contributed by atoms with E-state index in [9.17, 15) is 0 Å². The van der Waals surface area contributed by atoms with Crippen LogP contribution >= 0.6 is 0 Å². The third-order valence-electron chi connectivity index (χ3n) is 4.27. The summed E-state index contributed by atoms with van der Waals surface area (Å²) >= 11 is 0. The van der Waals surface area contributed by atoms with Crippen molar-refractivity contribution in [3.05, 3.63) is 23.8 Å². The van der Waals surface area contributed by atoms with Gasteiger partial charge < -0.3 is 10.1 Å². The van der Waals surface area contributed by atoms with Gasteiger partial charge in [0, 0.05) is 36.8 Å². The van der Waals surface area contributed by atoms with Crippen LogP contribution in [0.5, 0.6) is 5.75 Å². The molecular formula is C16H24N2O. The van der Waals surface area contributed by atoms with Crippen LogP contribution in [0.1, 0.15) is 26.3 Å². The van der Waals surface area contributed by atoms with Gasteiger partial charge in [-0.1, -0.05) is 6.92 Å². The minimum Gasteiger partial charge on any atom is -0.493 e. The number of benzene rings is 1. The van der Waals surface area contributed by atoms with Crippen LogP contribution in [0.25, 0.3) is 0 Å². The van der Waals surface area contributed by atoms with Crippen molar-refractivity contribution in [2.75, 3.05) is 31.6 Å². The van der Waals surface area contributed by atoms with E-state index in [4.69, 9.17) is 4.74 Å². The molecule has 1 aromatic carbocycles. The molecule has 1 N–H and O–H groups in total. The summed E-state index contributed by atoms with van der Waals surface area (Å²) in [7, 11) is 0. The molecular weight excluding hydrogens is 236 g/mol. The molecule has 3 nitrogen and oxygen atoms in total. The fourth-order valence-corrected chi connectivity index (χ4v) is 3.02. The Morgan fingerprint density at radius 3 is 2.89 bits per heavy atom. The van der Waals surface area contributed by atoms with Gasteiger partial charge in [-0.25, -0.2) is 0 Å². The minimum atomic E-state index is 0.321. The van der Waals surface area contributed by atoms with E-state index in [1.807, 2.05) is 0 Å². The van der Waals surface area contributed by atoms with Crippen LogP contribution in [-0.2, 0) is 6.42 Å². The number of ether oxygens (including phenoxy) is 1. The Morgan fingerprint density at radius 1 is 1.37 bits per heavy atom. The SMILES string of the molecule is CC(C)N1CC(C)(COc2ccc3c(c2)CCN3)C1. The Kier molecular flexibility index (Phi) is 3.17. The van der Waals surface area contributed by atoms with E-state index < -0.39 is 0 Å². The molecule has 0 aromatic heterocycles. The van der Waals surface area contributed by atoms with Crippen molar-refractivity contribution >= 4 is 5.69 Å². The van der Waals surface area contributed by atoms with E-state index in [1.165, 1.54) is 11.3 Å². The molecule has 104 valence electrons. The molecule has 2 aliphatic rings. The second-order valence-corrected chi connectivity index (χ2v) is 6.59. The third kappa shape index (κ3) is 2.57. The highest BCUT2D eigenvalue weighted by atomic mass is 16.5. The Morgan fingerprint density at radius 2 is 2.16 bits per heavy atom. The number of likely N-dealkylation sites (tertiary alicyclic amines) is 1. The largest absolute Gasteiger partial charge is 0.493 e. The number of fused-ring (bicyclic) bond motifs is 1. The molecule has 0 amide bonds. The van der Waals surface area contributed by atoms with Gasteiger partial charge in [-0.05, 0) is 44.0 Å². The molecule has 0 aliphatic carbocycles. The molecule has 1 aromatic rings. The van der Waals surface area contributed by atoms with Crippen LogP contribution in [-0.4, -0.2) is 37.2 Å². The summed E-state index contributed by atoms with van der Waals surface area (Å²) in [6.07, 6.45) is 1.12. The van der Waals surface area contributed by atoms with Crippen molar-refractivity contribution < 1.29 is 4.74 Å². The number of anilines is 1. The molecule has 0 radical (unpaired) electrons. The van der Waals surface area contributed by atoms with Crippen molar-refractivity contribution in [1.82, 2.24) is 4.90 Å². The average molecular weight is 260 g/mol. The highest BCUT2D eigenvalue weighted by molar-refractivity contribution is 5.57. The van der Waals surface area contributed by atoms with Crippen LogP contribution < -0.4 is 10.1 Å². The highest BCUT2D eigenvalue weighted by Crippen LogP contribution is 2.33. The van der Waals surface area contributed by atoms with Crippen LogP contribution in [0.15, 0.2) is 18.2 Å². The first-order chi connectivity index (χ1) is 9.06. The van der Waals surface area contributed by atoms with Crippen molar-refractivity contribution in [3.63, 3.8) is 0 Å². The summed E-state index contributed by atoms with van der Waals surface area (Å²) in [5.41, 5.74) is 2.98. The number of hydrogen-bond acceptors (Lipinski definition) is 3. The van der Waals surface area contributed by atoms with E-state index in [2.05, 4.69) is 49.2 Å². The molecule has 0 unspecified atom stereocenters. The lowest BCUT2D eigenvalue weighted by Gasteiger charge is -2.49. The zero-order valence-electron chi connectivity index (χ0n) is 12.2. The molecule has 0 saturated carbocycles. The summed E-state index contributed by atoms with van der Waals surface area (Å²) in [4.78, 5) is 2.50. The van der Waals surface area contributed by atoms with Crippen LogP contribution in [0, 0.1) is 5.41 Å². The normalized spacial score (nSPS) is 20.8. The van der Waals surface area contributed by atoms with Gasteiger partial charge in [-0.2, -0.15) is 0 Å². The summed E-state index contributed by atoms with van der Waals surface area (Å²) in [6.45, 7) is 11.0. The van der Waals surface area contributed by atoms with Gasteiger partial charge >= 0.3 is 0 Å². The van der Waals surface area contributed by atoms with Gasteiger partial charge in [0.15, 0.2) is 0 Å². The first-order valence-corrected chi connectivity index (χ1v) is 7.29. The Bertz CT molecular complexity index is 464. The van der Waals surface area contributed by atoms with Gasteiger partial charge in [-0.15, -0.1) is 0 Å². The lowest BCUT2D eigenvalue weighted by atomic mass is 9.82. The lowest BCUT2D eigenvalue weighted by molar-refractivity contribution is -0.0376. The highest BCUT2D eigenvalue weighted by Gasteiger charge is 2.40. The van der Waals surface area contributed by atoms with Crippen LogP contribution in [0.4, 0.5) is 5.69 Å². The van der Waals surface area contributed by atoms with E-state index in [1.54, 1.807) is 0 Å². The molecule has 19 heavy (non-hydrogen) atoms. The second kappa shape index (κ2) is 4.71. The summed E-state index contributed by atoms with van der Waals surface area (Å²) < 4.78 is 6.01. The monoisotopic (exact) mass is 260 g/mol. The fourth-order valence-electron chi connectivity index (χ4n) is 3.02. The van der Waals surface area contributed by atoms with E-state index in [0.29, 0.717) is 11.5 Å². The summed E-state index contributed by atoms with van der Waals surface area (Å²) in [5.74, 6) is 1.02. The summed E-state index contributed by atoms with van der Waals surface area (Å²) in [5, 5.41) is 3.38. The molecule has 1 saturated heterocycles. The molecule has 2 aliphatic heterocycles. The first kappa shape index (κ1) is 12.8. The Balaban J connectivity index is 1.56. The maximum atomic E-state index is 6.01. The van der Waals surface area contributed by atoms with Crippen LogP contribution in [0.3, 0.4) is 0 Å². The van der Waals surface area contributed by atoms with Crippen molar-refractivity contribution in [3.8, 4) is 5.75 Å². The summed E-state index contributed by atoms with van der Waals surface area (Å²) in [6, 6.07) is 7.07.